The third-order valence-electron chi connectivity index (χ3n) is 7.58. The molecular weight excluding hydrogens is 756 g/mol. The molecule has 0 aliphatic carbocycles. The van der Waals surface area contributed by atoms with E-state index < -0.39 is 0 Å². The smallest absolute Gasteiger partial charge is 0.0701 e. The molecule has 0 amide bonds. The third kappa shape index (κ3) is 52.0. The van der Waals surface area contributed by atoms with Crippen molar-refractivity contribution in [1.29, 1.82) is 0 Å². The van der Waals surface area contributed by atoms with Crippen LogP contribution in [0.15, 0.2) is 0 Å². The molecule has 0 aromatic rings. The van der Waals surface area contributed by atoms with Crippen LogP contribution in [-0.2, 0) is 61.6 Å². The maximum Gasteiger partial charge on any atom is 0.0701 e. The topological polar surface area (TPSA) is 120 Å². The fraction of sp³-hybridized carbons (Fsp3) is 1.00. The Kier molecular flexibility index (Phi) is 51.9. The zero-order valence-corrected chi connectivity index (χ0v) is 35.1. The summed E-state index contributed by atoms with van der Waals surface area (Å²) >= 11 is 3.31. The molecule has 0 aliphatic rings. The van der Waals surface area contributed by atoms with Gasteiger partial charge in [0.2, 0.25) is 0 Å². The summed E-state index contributed by atoms with van der Waals surface area (Å²) in [4.78, 5) is 0. The van der Waals surface area contributed by atoms with Crippen molar-refractivity contribution in [1.82, 2.24) is 0 Å². The Labute approximate surface area is 331 Å². The van der Waals surface area contributed by atoms with E-state index in [0.717, 1.165) is 18.4 Å². The van der Waals surface area contributed by atoms with Gasteiger partial charge in [0.05, 0.1) is 165 Å². The molecule has 0 rings (SSSR count). The Morgan fingerprint density at radius 1 is 0.208 bits per heavy atom. The van der Waals surface area contributed by atoms with Gasteiger partial charge in [0, 0.05) is 11.9 Å². The highest BCUT2D eigenvalue weighted by Crippen LogP contribution is 2.11. The van der Waals surface area contributed by atoms with E-state index in [1.165, 1.54) is 64.2 Å². The van der Waals surface area contributed by atoms with Crippen LogP contribution in [0.1, 0.15) is 77.6 Å². The molecule has 0 atom stereocenters. The van der Waals surface area contributed by atoms with E-state index in [9.17, 15) is 0 Å². The number of hydrogen-bond acceptors (Lipinski definition) is 13. The standard InChI is InChI=1S/C39H79BrO13/c1-2-3-4-5-6-7-8-9-10-11-12-14-41-16-18-43-20-22-45-24-26-47-28-30-49-32-34-51-36-38-53-39-37-52-35-33-50-31-29-48-27-25-46-23-21-44-19-17-42-15-13-40/h2-39H2,1H3. The van der Waals surface area contributed by atoms with Crippen molar-refractivity contribution in [2.24, 2.45) is 0 Å². The van der Waals surface area contributed by atoms with Gasteiger partial charge in [0.15, 0.2) is 0 Å². The van der Waals surface area contributed by atoms with Gasteiger partial charge in [-0.2, -0.15) is 0 Å². The molecule has 0 saturated heterocycles. The number of alkyl halides is 1. The second-order valence-electron chi connectivity index (χ2n) is 12.2. The van der Waals surface area contributed by atoms with Crippen molar-refractivity contribution in [3.05, 3.63) is 0 Å². The molecule has 13 nitrogen and oxygen atoms in total. The van der Waals surface area contributed by atoms with Crippen LogP contribution in [0.25, 0.3) is 0 Å². The molecular formula is C39H79BrO13. The molecule has 0 aliphatic heterocycles. The average Bonchev–Trinajstić information content (AvgIpc) is 3.17. The van der Waals surface area contributed by atoms with E-state index in [2.05, 4.69) is 22.9 Å². The highest BCUT2D eigenvalue weighted by atomic mass is 79.9. The summed E-state index contributed by atoms with van der Waals surface area (Å²) in [5.41, 5.74) is 0. The number of rotatable bonds is 50. The zero-order chi connectivity index (χ0) is 38.1. The van der Waals surface area contributed by atoms with E-state index >= 15 is 0 Å². The normalized spacial score (nSPS) is 11.7. The second kappa shape index (κ2) is 52.0. The molecule has 53 heavy (non-hydrogen) atoms. The van der Waals surface area contributed by atoms with E-state index in [1.54, 1.807) is 0 Å². The third-order valence-corrected chi connectivity index (χ3v) is 7.90. The first-order chi connectivity index (χ1) is 26.4. The van der Waals surface area contributed by atoms with Crippen LogP contribution in [-0.4, -0.2) is 177 Å². The summed E-state index contributed by atoms with van der Waals surface area (Å²) in [6.07, 6.45) is 14.9. The largest absolute Gasteiger partial charge is 0.379 e. The van der Waals surface area contributed by atoms with Gasteiger partial charge in [-0.25, -0.2) is 0 Å². The Balaban J connectivity index is 3.05. The summed E-state index contributed by atoms with van der Waals surface area (Å²) in [6.45, 7) is 16.9. The van der Waals surface area contributed by atoms with Gasteiger partial charge in [-0.1, -0.05) is 87.1 Å². The molecule has 0 bridgehead atoms. The van der Waals surface area contributed by atoms with Gasteiger partial charge >= 0.3 is 0 Å². The fourth-order valence-electron chi connectivity index (χ4n) is 4.66. The quantitative estimate of drug-likeness (QED) is 0.0535. The van der Waals surface area contributed by atoms with Gasteiger partial charge in [-0.3, -0.25) is 0 Å². The molecule has 0 unspecified atom stereocenters. The minimum Gasteiger partial charge on any atom is -0.379 e. The summed E-state index contributed by atoms with van der Waals surface area (Å²) in [5, 5.41) is 0.838. The molecule has 0 N–H and O–H groups in total. The molecule has 0 spiro atoms. The number of halogens is 1. The molecule has 0 aromatic heterocycles. The molecule has 0 heterocycles. The van der Waals surface area contributed by atoms with Gasteiger partial charge < -0.3 is 61.6 Å². The first kappa shape index (κ1) is 53.0. The van der Waals surface area contributed by atoms with Gasteiger partial charge in [-0.05, 0) is 6.42 Å². The predicted octanol–water partition coefficient (Wildman–Crippen LogP) is 5.91. The summed E-state index contributed by atoms with van der Waals surface area (Å²) in [7, 11) is 0. The average molecular weight is 836 g/mol. The molecule has 0 aromatic carbocycles. The highest BCUT2D eigenvalue weighted by molar-refractivity contribution is 9.09. The lowest BCUT2D eigenvalue weighted by Crippen LogP contribution is -2.15. The lowest BCUT2D eigenvalue weighted by atomic mass is 10.1. The first-order valence-electron chi connectivity index (χ1n) is 20.5. The van der Waals surface area contributed by atoms with Gasteiger partial charge in [0.25, 0.3) is 0 Å². The predicted molar refractivity (Wildman–Crippen MR) is 211 cm³/mol. The maximum atomic E-state index is 5.66. The second-order valence-corrected chi connectivity index (χ2v) is 13.0. The van der Waals surface area contributed by atoms with Crippen LogP contribution >= 0.6 is 15.9 Å². The van der Waals surface area contributed by atoms with Crippen LogP contribution in [0.5, 0.6) is 0 Å². The Hall–Kier alpha value is -0.0400. The van der Waals surface area contributed by atoms with Crippen molar-refractivity contribution in [3.63, 3.8) is 0 Å². The SMILES string of the molecule is CCCCCCCCCCCCCOCCOCCOCCOCCOCCOCCOCCOCCOCCOCCOCCOCCOCCBr. The Bertz CT molecular complexity index is 578. The van der Waals surface area contributed by atoms with Crippen LogP contribution in [0, 0.1) is 0 Å². The fourth-order valence-corrected chi connectivity index (χ4v) is 4.89. The number of hydrogen-bond donors (Lipinski definition) is 0. The minimum absolute atomic E-state index is 0.515. The lowest BCUT2D eigenvalue weighted by Gasteiger charge is -2.09. The van der Waals surface area contributed by atoms with Gasteiger partial charge in [-0.15, -0.1) is 0 Å². The highest BCUT2D eigenvalue weighted by Gasteiger charge is 1.98. The van der Waals surface area contributed by atoms with Crippen molar-refractivity contribution in [3.8, 4) is 0 Å². The van der Waals surface area contributed by atoms with Crippen molar-refractivity contribution in [2.45, 2.75) is 77.6 Å². The van der Waals surface area contributed by atoms with Gasteiger partial charge in [0.1, 0.15) is 0 Å². The Morgan fingerprint density at radius 3 is 0.585 bits per heavy atom. The van der Waals surface area contributed by atoms with Crippen LogP contribution in [0.4, 0.5) is 0 Å². The van der Waals surface area contributed by atoms with Crippen LogP contribution in [0.3, 0.4) is 0 Å². The summed E-state index contributed by atoms with van der Waals surface area (Å²) < 4.78 is 71.4. The molecule has 0 fully saturated rings. The van der Waals surface area contributed by atoms with Crippen molar-refractivity contribution >= 4 is 15.9 Å². The number of unbranched alkanes of at least 4 members (excludes halogenated alkanes) is 10. The van der Waals surface area contributed by atoms with E-state index in [0.29, 0.717) is 165 Å². The molecule has 320 valence electrons. The van der Waals surface area contributed by atoms with Crippen LogP contribution in [0.2, 0.25) is 0 Å². The number of ether oxygens (including phenoxy) is 13. The maximum absolute atomic E-state index is 5.66. The molecule has 14 heteroatoms. The lowest BCUT2D eigenvalue weighted by molar-refractivity contribution is -0.0289. The summed E-state index contributed by atoms with van der Waals surface area (Å²) in [6, 6.07) is 0. The zero-order valence-electron chi connectivity index (χ0n) is 33.6. The molecule has 0 radical (unpaired) electrons. The van der Waals surface area contributed by atoms with E-state index in [4.69, 9.17) is 61.6 Å². The Morgan fingerprint density at radius 2 is 0.377 bits per heavy atom. The molecule has 0 saturated carbocycles. The van der Waals surface area contributed by atoms with E-state index in [1.807, 2.05) is 0 Å². The first-order valence-corrected chi connectivity index (χ1v) is 21.6. The summed E-state index contributed by atoms with van der Waals surface area (Å²) in [5.74, 6) is 0. The minimum atomic E-state index is 0.515. The van der Waals surface area contributed by atoms with Crippen LogP contribution < -0.4 is 0 Å². The van der Waals surface area contributed by atoms with E-state index in [-0.39, 0.29) is 0 Å². The monoisotopic (exact) mass is 834 g/mol. The van der Waals surface area contributed by atoms with Crippen molar-refractivity contribution < 1.29 is 61.6 Å². The van der Waals surface area contributed by atoms with Crippen molar-refractivity contribution in [2.75, 3.05) is 177 Å².